The monoisotopic (exact) mass is 252 g/mol. The second kappa shape index (κ2) is 4.90. The number of rotatable bonds is 3. The maximum atomic E-state index is 11.7. The Labute approximate surface area is 106 Å². The van der Waals surface area contributed by atoms with E-state index in [-0.39, 0.29) is 16.9 Å². The molecule has 1 aliphatic rings. The van der Waals surface area contributed by atoms with Gasteiger partial charge in [-0.3, -0.25) is 4.79 Å². The van der Waals surface area contributed by atoms with E-state index in [1.807, 2.05) is 19.1 Å². The highest BCUT2D eigenvalue weighted by Crippen LogP contribution is 2.38. The third kappa shape index (κ3) is 3.17. The molecule has 0 amide bonds. The molecule has 0 aromatic rings. The smallest absolute Gasteiger partial charge is 0.193 e. The summed E-state index contributed by atoms with van der Waals surface area (Å²) in [4.78, 5) is 11.7. The molecule has 1 unspecified atom stereocenters. The van der Waals surface area contributed by atoms with E-state index >= 15 is 0 Å². The largest absolute Gasteiger partial charge is 0.406 e. The van der Waals surface area contributed by atoms with Gasteiger partial charge in [0.1, 0.15) is 0 Å². The van der Waals surface area contributed by atoms with Gasteiger partial charge in [0.05, 0.1) is 6.10 Å². The Bertz CT molecular complexity index is 359. The molecule has 0 heterocycles. The Morgan fingerprint density at radius 2 is 2.00 bits per heavy atom. The van der Waals surface area contributed by atoms with Crippen molar-refractivity contribution in [3.8, 4) is 0 Å². The van der Waals surface area contributed by atoms with Crippen LogP contribution in [0.25, 0.3) is 0 Å². The first-order chi connectivity index (χ1) is 7.69. The molecule has 1 rings (SSSR count). The van der Waals surface area contributed by atoms with Crippen LogP contribution in [0.3, 0.4) is 0 Å². The van der Waals surface area contributed by atoms with Crippen LogP contribution in [0, 0.1) is 0 Å². The molecule has 1 atom stereocenters. The summed E-state index contributed by atoms with van der Waals surface area (Å²) in [5, 5.41) is 0.170. The van der Waals surface area contributed by atoms with E-state index in [4.69, 9.17) is 4.43 Å². The molecule has 0 N–H and O–H groups in total. The normalized spacial score (nSPS) is 23.8. The van der Waals surface area contributed by atoms with Gasteiger partial charge in [-0.25, -0.2) is 0 Å². The summed E-state index contributed by atoms with van der Waals surface area (Å²) >= 11 is 0. The van der Waals surface area contributed by atoms with Crippen molar-refractivity contribution in [2.75, 3.05) is 0 Å². The van der Waals surface area contributed by atoms with Crippen LogP contribution in [0.5, 0.6) is 0 Å². The first kappa shape index (κ1) is 14.4. The number of ketones is 1. The topological polar surface area (TPSA) is 26.3 Å². The van der Waals surface area contributed by atoms with Crippen LogP contribution in [0.15, 0.2) is 23.8 Å². The first-order valence-electron chi connectivity index (χ1n) is 6.29. The molecule has 0 spiro atoms. The van der Waals surface area contributed by atoms with Crippen LogP contribution in [0.4, 0.5) is 0 Å². The van der Waals surface area contributed by atoms with E-state index in [0.717, 1.165) is 12.0 Å². The zero-order chi connectivity index (χ0) is 13.3. The maximum absolute atomic E-state index is 11.7. The Morgan fingerprint density at radius 1 is 1.41 bits per heavy atom. The lowest BCUT2D eigenvalue weighted by atomic mass is 10.1. The predicted molar refractivity (Wildman–Crippen MR) is 74.6 cm³/mol. The minimum absolute atomic E-state index is 0.107. The lowest BCUT2D eigenvalue weighted by molar-refractivity contribution is -0.111. The predicted octanol–water partition coefficient (Wildman–Crippen LogP) is 3.85. The van der Waals surface area contributed by atoms with Gasteiger partial charge in [0.25, 0.3) is 0 Å². The van der Waals surface area contributed by atoms with Crippen molar-refractivity contribution in [3.05, 3.63) is 23.8 Å². The summed E-state index contributed by atoms with van der Waals surface area (Å²) in [5.74, 6) is 0.107. The van der Waals surface area contributed by atoms with Crippen molar-refractivity contribution < 1.29 is 9.22 Å². The van der Waals surface area contributed by atoms with Gasteiger partial charge in [0, 0.05) is 5.57 Å². The lowest BCUT2D eigenvalue weighted by Gasteiger charge is -2.38. The van der Waals surface area contributed by atoms with Crippen molar-refractivity contribution in [3.63, 3.8) is 0 Å². The van der Waals surface area contributed by atoms with E-state index in [1.54, 1.807) is 6.08 Å². The third-order valence-corrected chi connectivity index (χ3v) is 8.12. The summed E-state index contributed by atoms with van der Waals surface area (Å²) in [6, 6.07) is 0. The second-order valence-electron chi connectivity index (χ2n) is 6.09. The van der Waals surface area contributed by atoms with Gasteiger partial charge >= 0.3 is 0 Å². The Morgan fingerprint density at radius 3 is 2.47 bits per heavy atom. The molecular weight excluding hydrogens is 228 g/mol. The SMILES string of the molecule is CC/C=C1/C(=O)C=CC1O[Si](C)(C)C(C)(C)C. The molecule has 1 aliphatic carbocycles. The van der Waals surface area contributed by atoms with E-state index in [9.17, 15) is 4.79 Å². The van der Waals surface area contributed by atoms with E-state index in [1.165, 1.54) is 0 Å². The fourth-order valence-corrected chi connectivity index (χ4v) is 2.74. The molecule has 0 saturated heterocycles. The Balaban J connectivity index is 2.86. The van der Waals surface area contributed by atoms with E-state index in [2.05, 4.69) is 33.9 Å². The number of hydrogen-bond acceptors (Lipinski definition) is 2. The molecule has 2 nitrogen and oxygen atoms in total. The van der Waals surface area contributed by atoms with Crippen molar-refractivity contribution in [1.82, 2.24) is 0 Å². The summed E-state index contributed by atoms with van der Waals surface area (Å²) in [7, 11) is -1.81. The van der Waals surface area contributed by atoms with Gasteiger partial charge in [0.15, 0.2) is 14.1 Å². The average molecular weight is 252 g/mol. The molecule has 0 fully saturated rings. The molecule has 17 heavy (non-hydrogen) atoms. The van der Waals surface area contributed by atoms with Crippen LogP contribution < -0.4 is 0 Å². The standard InChI is InChI=1S/C14H24O2Si/c1-7-8-11-12(15)9-10-13(11)16-17(5,6)14(2,3)4/h8-10,13H,7H2,1-6H3/b11-8-. The second-order valence-corrected chi connectivity index (χ2v) is 10.8. The van der Waals surface area contributed by atoms with E-state index in [0.29, 0.717) is 0 Å². The average Bonchev–Trinajstić information content (AvgIpc) is 2.48. The molecule has 0 aliphatic heterocycles. The number of hydrogen-bond donors (Lipinski definition) is 0. The summed E-state index contributed by atoms with van der Waals surface area (Å²) in [6.07, 6.45) is 6.27. The number of carbonyl (C=O) groups excluding carboxylic acids is 1. The van der Waals surface area contributed by atoms with Gasteiger partial charge in [-0.2, -0.15) is 0 Å². The molecule has 0 saturated carbocycles. The zero-order valence-corrected chi connectivity index (χ0v) is 12.8. The zero-order valence-electron chi connectivity index (χ0n) is 11.8. The minimum atomic E-state index is -1.81. The van der Waals surface area contributed by atoms with Gasteiger partial charge in [0.2, 0.25) is 0 Å². The molecule has 3 heteroatoms. The molecule has 0 radical (unpaired) electrons. The van der Waals surface area contributed by atoms with Crippen molar-refractivity contribution >= 4 is 14.1 Å². The Kier molecular flexibility index (Phi) is 4.15. The van der Waals surface area contributed by atoms with Crippen molar-refractivity contribution in [2.24, 2.45) is 0 Å². The number of allylic oxidation sites excluding steroid dienone is 2. The van der Waals surface area contributed by atoms with Crippen molar-refractivity contribution in [2.45, 2.75) is 58.4 Å². The van der Waals surface area contributed by atoms with Crippen LogP contribution in [-0.4, -0.2) is 20.2 Å². The van der Waals surface area contributed by atoms with Crippen molar-refractivity contribution in [1.29, 1.82) is 0 Å². The molecule has 0 aromatic carbocycles. The van der Waals surface area contributed by atoms with Gasteiger partial charge in [-0.15, -0.1) is 0 Å². The lowest BCUT2D eigenvalue weighted by Crippen LogP contribution is -2.43. The first-order valence-corrected chi connectivity index (χ1v) is 9.20. The maximum Gasteiger partial charge on any atom is 0.193 e. The fraction of sp³-hybridized carbons (Fsp3) is 0.643. The molecule has 0 bridgehead atoms. The third-order valence-electron chi connectivity index (χ3n) is 3.67. The minimum Gasteiger partial charge on any atom is -0.406 e. The van der Waals surface area contributed by atoms with Crippen LogP contribution in [0.1, 0.15) is 34.1 Å². The van der Waals surface area contributed by atoms with Crippen LogP contribution in [-0.2, 0) is 9.22 Å². The molecule has 0 aromatic heterocycles. The van der Waals surface area contributed by atoms with Crippen LogP contribution in [0.2, 0.25) is 18.1 Å². The van der Waals surface area contributed by atoms with Gasteiger partial charge < -0.3 is 4.43 Å². The molecule has 96 valence electrons. The summed E-state index contributed by atoms with van der Waals surface area (Å²) in [5.41, 5.74) is 0.817. The highest BCUT2D eigenvalue weighted by Gasteiger charge is 2.40. The van der Waals surface area contributed by atoms with E-state index < -0.39 is 8.32 Å². The van der Waals surface area contributed by atoms with Gasteiger partial charge in [-0.05, 0) is 36.7 Å². The Hall–Kier alpha value is -0.673. The summed E-state index contributed by atoms with van der Waals surface area (Å²) in [6.45, 7) is 13.1. The van der Waals surface area contributed by atoms with Crippen LogP contribution >= 0.6 is 0 Å². The number of carbonyl (C=O) groups is 1. The van der Waals surface area contributed by atoms with Gasteiger partial charge in [-0.1, -0.05) is 33.8 Å². The quantitative estimate of drug-likeness (QED) is 0.563. The highest BCUT2D eigenvalue weighted by atomic mass is 28.4. The highest BCUT2D eigenvalue weighted by molar-refractivity contribution is 6.74. The summed E-state index contributed by atoms with van der Waals surface area (Å²) < 4.78 is 6.26. The molecular formula is C14H24O2Si. The fourth-order valence-electron chi connectivity index (χ4n) is 1.55.